The third-order valence-corrected chi connectivity index (χ3v) is 6.27. The molecule has 2 aliphatic carbocycles. The predicted octanol–water partition coefficient (Wildman–Crippen LogP) is 4.80. The van der Waals surface area contributed by atoms with E-state index in [2.05, 4.69) is 42.0 Å². The summed E-state index contributed by atoms with van der Waals surface area (Å²) < 4.78 is 14.2. The number of fused-ring (bicyclic) bond motifs is 2. The zero-order valence-electron chi connectivity index (χ0n) is 12.3. The van der Waals surface area contributed by atoms with Crippen molar-refractivity contribution >= 4 is 27.3 Å². The highest BCUT2D eigenvalue weighted by Crippen LogP contribution is 2.63. The van der Waals surface area contributed by atoms with Crippen LogP contribution in [0.5, 0.6) is 0 Å². The largest absolute Gasteiger partial charge is 0.397 e. The van der Waals surface area contributed by atoms with Crippen molar-refractivity contribution in [1.82, 2.24) is 0 Å². The van der Waals surface area contributed by atoms with Crippen molar-refractivity contribution in [1.29, 1.82) is 0 Å². The molecule has 4 heteroatoms. The summed E-state index contributed by atoms with van der Waals surface area (Å²) in [6, 6.07) is 3.49. The second kappa shape index (κ2) is 4.36. The molecule has 0 spiro atoms. The second-order valence-electron chi connectivity index (χ2n) is 7.35. The van der Waals surface area contributed by atoms with E-state index in [1.54, 1.807) is 6.07 Å². The zero-order chi connectivity index (χ0) is 14.7. The van der Waals surface area contributed by atoms with Crippen LogP contribution in [-0.4, -0.2) is 6.04 Å². The Labute approximate surface area is 128 Å². The molecule has 2 bridgehead atoms. The molecular formula is C16H22BrFN2. The number of nitrogen functional groups attached to an aromatic ring is 1. The molecular weight excluding hydrogens is 319 g/mol. The highest BCUT2D eigenvalue weighted by atomic mass is 79.9. The fraction of sp³-hybridized carbons (Fsp3) is 0.625. The lowest BCUT2D eigenvalue weighted by atomic mass is 9.68. The molecule has 0 aliphatic heterocycles. The maximum atomic E-state index is 13.8. The van der Waals surface area contributed by atoms with Crippen LogP contribution in [-0.2, 0) is 0 Å². The van der Waals surface area contributed by atoms with Gasteiger partial charge < -0.3 is 11.1 Å². The molecule has 3 rings (SSSR count). The Morgan fingerprint density at radius 2 is 2.05 bits per heavy atom. The minimum absolute atomic E-state index is 0.225. The normalized spacial score (nSPS) is 34.5. The fourth-order valence-electron chi connectivity index (χ4n) is 4.50. The summed E-state index contributed by atoms with van der Waals surface area (Å²) in [5, 5.41) is 3.55. The van der Waals surface area contributed by atoms with E-state index < -0.39 is 0 Å². The van der Waals surface area contributed by atoms with E-state index >= 15 is 0 Å². The van der Waals surface area contributed by atoms with Gasteiger partial charge in [0.2, 0.25) is 0 Å². The number of hydrogen-bond acceptors (Lipinski definition) is 2. The minimum Gasteiger partial charge on any atom is -0.397 e. The van der Waals surface area contributed by atoms with E-state index in [1.165, 1.54) is 25.3 Å². The summed E-state index contributed by atoms with van der Waals surface area (Å²) >= 11 is 3.18. The number of halogens is 2. The molecule has 0 aromatic heterocycles. The van der Waals surface area contributed by atoms with E-state index in [-0.39, 0.29) is 11.2 Å². The molecule has 2 saturated carbocycles. The van der Waals surface area contributed by atoms with Crippen molar-refractivity contribution in [2.45, 2.75) is 46.1 Å². The molecule has 0 radical (unpaired) electrons. The monoisotopic (exact) mass is 340 g/mol. The standard InChI is InChI=1S/C16H22BrFN2/c1-15(2)9-4-5-16(3,8-9)14(15)20-13-7-11(18)10(17)6-12(13)19/h6-7,9,14,20H,4-5,8,19H2,1-3H3. The third-order valence-electron chi connectivity index (χ3n) is 5.66. The van der Waals surface area contributed by atoms with Crippen molar-refractivity contribution in [3.8, 4) is 0 Å². The molecule has 0 heterocycles. The lowest BCUT2D eigenvalue weighted by Crippen LogP contribution is -2.45. The van der Waals surface area contributed by atoms with Gasteiger partial charge in [0.25, 0.3) is 0 Å². The number of anilines is 2. The summed E-state index contributed by atoms with van der Waals surface area (Å²) in [4.78, 5) is 0. The van der Waals surface area contributed by atoms with Crippen LogP contribution in [0.1, 0.15) is 40.0 Å². The van der Waals surface area contributed by atoms with Gasteiger partial charge in [-0.25, -0.2) is 4.39 Å². The Bertz CT molecular complexity index is 553. The molecule has 0 saturated heterocycles. The van der Waals surface area contributed by atoms with E-state index in [9.17, 15) is 4.39 Å². The quantitative estimate of drug-likeness (QED) is 0.759. The first-order valence-corrected chi connectivity index (χ1v) is 8.04. The summed E-state index contributed by atoms with van der Waals surface area (Å²) in [5.41, 5.74) is 7.88. The van der Waals surface area contributed by atoms with Crippen molar-refractivity contribution in [2.75, 3.05) is 11.1 Å². The van der Waals surface area contributed by atoms with Gasteiger partial charge in [0, 0.05) is 12.1 Å². The van der Waals surface area contributed by atoms with Gasteiger partial charge in [-0.2, -0.15) is 0 Å². The van der Waals surface area contributed by atoms with Crippen molar-refractivity contribution < 1.29 is 4.39 Å². The molecule has 3 atom stereocenters. The van der Waals surface area contributed by atoms with E-state index in [0.717, 1.165) is 11.6 Å². The molecule has 2 fully saturated rings. The lowest BCUT2D eigenvalue weighted by molar-refractivity contribution is 0.155. The number of nitrogens with one attached hydrogen (secondary N) is 1. The Hall–Kier alpha value is -0.770. The number of benzene rings is 1. The first-order valence-electron chi connectivity index (χ1n) is 7.25. The summed E-state index contributed by atoms with van der Waals surface area (Å²) in [6.45, 7) is 7.00. The average Bonchev–Trinajstić information content (AvgIpc) is 2.82. The first kappa shape index (κ1) is 14.2. The van der Waals surface area contributed by atoms with Gasteiger partial charge in [0.1, 0.15) is 5.82 Å². The molecule has 3 unspecified atom stereocenters. The fourth-order valence-corrected chi connectivity index (χ4v) is 4.87. The molecule has 1 aromatic carbocycles. The number of hydrogen-bond donors (Lipinski definition) is 2. The Balaban J connectivity index is 1.93. The van der Waals surface area contributed by atoms with Crippen molar-refractivity contribution in [3.05, 3.63) is 22.4 Å². The Kier molecular flexibility index (Phi) is 3.09. The van der Waals surface area contributed by atoms with Gasteiger partial charge in [-0.1, -0.05) is 20.8 Å². The maximum absolute atomic E-state index is 13.8. The molecule has 0 amide bonds. The van der Waals surface area contributed by atoms with Crippen LogP contribution in [0, 0.1) is 22.6 Å². The van der Waals surface area contributed by atoms with Crippen molar-refractivity contribution in [2.24, 2.45) is 16.7 Å². The average molecular weight is 341 g/mol. The van der Waals surface area contributed by atoms with Crippen LogP contribution in [0.4, 0.5) is 15.8 Å². The highest BCUT2D eigenvalue weighted by molar-refractivity contribution is 9.10. The van der Waals surface area contributed by atoms with Gasteiger partial charge in [-0.15, -0.1) is 0 Å². The number of rotatable bonds is 2. The molecule has 2 nitrogen and oxygen atoms in total. The minimum atomic E-state index is -0.271. The van der Waals surface area contributed by atoms with Gasteiger partial charge in [0.15, 0.2) is 0 Å². The van der Waals surface area contributed by atoms with Gasteiger partial charge in [-0.05, 0) is 58.0 Å². The molecule has 110 valence electrons. The molecule has 20 heavy (non-hydrogen) atoms. The molecule has 1 aromatic rings. The van der Waals surface area contributed by atoms with Gasteiger partial charge in [-0.3, -0.25) is 0 Å². The topological polar surface area (TPSA) is 38.0 Å². The van der Waals surface area contributed by atoms with Crippen LogP contribution in [0.25, 0.3) is 0 Å². The third kappa shape index (κ3) is 1.95. The Morgan fingerprint density at radius 1 is 1.35 bits per heavy atom. The van der Waals surface area contributed by atoms with E-state index in [1.807, 2.05) is 0 Å². The lowest BCUT2D eigenvalue weighted by Gasteiger charge is -2.43. The summed E-state index contributed by atoms with van der Waals surface area (Å²) in [5.74, 6) is 0.485. The van der Waals surface area contributed by atoms with Crippen LogP contribution in [0.2, 0.25) is 0 Å². The SMILES string of the molecule is CC12CCC(C1)C(C)(C)C2Nc1cc(F)c(Br)cc1N. The van der Waals surface area contributed by atoms with Crippen molar-refractivity contribution in [3.63, 3.8) is 0 Å². The summed E-state index contributed by atoms with van der Waals surface area (Å²) in [7, 11) is 0. The molecule has 3 N–H and O–H groups in total. The second-order valence-corrected chi connectivity index (χ2v) is 8.20. The Morgan fingerprint density at radius 3 is 2.65 bits per heavy atom. The van der Waals surface area contributed by atoms with Crippen LogP contribution >= 0.6 is 15.9 Å². The molecule has 2 aliphatic rings. The van der Waals surface area contributed by atoms with Gasteiger partial charge in [0.05, 0.1) is 15.8 Å². The summed E-state index contributed by atoms with van der Waals surface area (Å²) in [6.07, 6.45) is 3.82. The van der Waals surface area contributed by atoms with Crippen LogP contribution < -0.4 is 11.1 Å². The van der Waals surface area contributed by atoms with Gasteiger partial charge >= 0.3 is 0 Å². The number of nitrogens with two attached hydrogens (primary N) is 1. The predicted molar refractivity (Wildman–Crippen MR) is 85.2 cm³/mol. The first-order chi connectivity index (χ1) is 9.24. The van der Waals surface area contributed by atoms with Crippen LogP contribution in [0.15, 0.2) is 16.6 Å². The highest BCUT2D eigenvalue weighted by Gasteiger charge is 2.59. The van der Waals surface area contributed by atoms with Crippen LogP contribution in [0.3, 0.4) is 0 Å². The van der Waals surface area contributed by atoms with E-state index in [4.69, 9.17) is 5.73 Å². The maximum Gasteiger partial charge on any atom is 0.139 e. The zero-order valence-corrected chi connectivity index (χ0v) is 13.8. The van der Waals surface area contributed by atoms with E-state index in [0.29, 0.717) is 21.6 Å². The smallest absolute Gasteiger partial charge is 0.139 e.